The van der Waals surface area contributed by atoms with E-state index < -0.39 is 0 Å². The van der Waals surface area contributed by atoms with E-state index in [1.54, 1.807) is 7.05 Å². The van der Waals surface area contributed by atoms with Crippen LogP contribution in [0.5, 0.6) is 0 Å². The quantitative estimate of drug-likeness (QED) is 0.233. The number of guanidine groups is 1. The molecule has 8 heteroatoms. The number of rotatable bonds is 9. The van der Waals surface area contributed by atoms with Gasteiger partial charge in [-0.25, -0.2) is 4.39 Å². The predicted octanol–water partition coefficient (Wildman–Crippen LogP) is 2.36. The van der Waals surface area contributed by atoms with Crippen LogP contribution in [0.25, 0.3) is 0 Å². The van der Waals surface area contributed by atoms with Gasteiger partial charge in [-0.1, -0.05) is 0 Å². The Hall–Kier alpha value is -1.42. The zero-order chi connectivity index (χ0) is 16.9. The third kappa shape index (κ3) is 10.4. The van der Waals surface area contributed by atoms with E-state index in [0.29, 0.717) is 11.6 Å². The average molecular weight is 452 g/mol. The molecule has 0 aliphatic rings. The Morgan fingerprint density at radius 1 is 1.21 bits per heavy atom. The van der Waals surface area contributed by atoms with Gasteiger partial charge in [0.05, 0.1) is 6.54 Å². The lowest BCUT2D eigenvalue weighted by atomic mass is 10.3. The third-order valence-electron chi connectivity index (χ3n) is 2.98. The Kier molecular flexibility index (Phi) is 13.1. The van der Waals surface area contributed by atoms with Gasteiger partial charge < -0.3 is 20.7 Å². The maximum Gasteiger partial charge on any atom is 0.243 e. The van der Waals surface area contributed by atoms with Crippen molar-refractivity contribution in [2.75, 3.05) is 38.7 Å². The Morgan fingerprint density at radius 3 is 2.54 bits per heavy atom. The van der Waals surface area contributed by atoms with Crippen LogP contribution in [0.3, 0.4) is 0 Å². The second kappa shape index (κ2) is 14.0. The molecule has 0 spiro atoms. The summed E-state index contributed by atoms with van der Waals surface area (Å²) in [5.74, 6) is 0.00151. The summed E-state index contributed by atoms with van der Waals surface area (Å²) in [5.41, 5.74) is 0.553. The summed E-state index contributed by atoms with van der Waals surface area (Å²) >= 11 is 0. The number of hydrogen-bond donors (Lipinski definition) is 3. The minimum atomic E-state index is -0.338. The third-order valence-corrected chi connectivity index (χ3v) is 2.98. The summed E-state index contributed by atoms with van der Waals surface area (Å²) in [5, 5.41) is 8.72. The summed E-state index contributed by atoms with van der Waals surface area (Å²) in [6, 6.07) is 5.62. The minimum Gasteiger partial charge on any atom is -0.382 e. The second-order valence-corrected chi connectivity index (χ2v) is 4.81. The van der Waals surface area contributed by atoms with Crippen LogP contribution in [0.2, 0.25) is 0 Å². The van der Waals surface area contributed by atoms with E-state index in [-0.39, 0.29) is 42.2 Å². The first-order valence-electron chi connectivity index (χ1n) is 7.73. The highest BCUT2D eigenvalue weighted by atomic mass is 127. The Bertz CT molecular complexity index is 497. The number of benzene rings is 1. The van der Waals surface area contributed by atoms with E-state index in [4.69, 9.17) is 4.74 Å². The topological polar surface area (TPSA) is 74.8 Å². The van der Waals surface area contributed by atoms with Gasteiger partial charge in [-0.2, -0.15) is 0 Å². The van der Waals surface area contributed by atoms with Crippen molar-refractivity contribution in [2.24, 2.45) is 4.99 Å². The number of carbonyl (C=O) groups excluding carboxylic acids is 1. The molecule has 0 unspecified atom stereocenters. The van der Waals surface area contributed by atoms with Crippen molar-refractivity contribution in [3.05, 3.63) is 30.1 Å². The molecule has 0 atom stereocenters. The molecule has 1 amide bonds. The minimum absolute atomic E-state index is 0. The molecule has 0 saturated heterocycles. The van der Waals surface area contributed by atoms with Gasteiger partial charge in [0.2, 0.25) is 5.91 Å². The second-order valence-electron chi connectivity index (χ2n) is 4.81. The molecule has 6 nitrogen and oxygen atoms in total. The maximum atomic E-state index is 12.8. The fourth-order valence-corrected chi connectivity index (χ4v) is 1.80. The SMILES string of the molecule is CCOCCCCNC(=NC)NCC(=O)Nc1ccc(F)cc1.I. The first-order valence-corrected chi connectivity index (χ1v) is 7.73. The van der Waals surface area contributed by atoms with Gasteiger partial charge in [0, 0.05) is 32.5 Å². The van der Waals surface area contributed by atoms with Crippen LogP contribution in [0.15, 0.2) is 29.3 Å². The molecule has 1 aromatic carbocycles. The van der Waals surface area contributed by atoms with Crippen molar-refractivity contribution in [1.29, 1.82) is 0 Å². The standard InChI is InChI=1S/C16H25FN4O2.HI/c1-3-23-11-5-4-10-19-16(18-2)20-12-15(22)21-14-8-6-13(17)7-9-14;/h6-9H,3-5,10-12H2,1-2H3,(H,21,22)(H2,18,19,20);1H. The van der Waals surface area contributed by atoms with E-state index in [2.05, 4.69) is 20.9 Å². The number of anilines is 1. The molecule has 0 fully saturated rings. The summed E-state index contributed by atoms with van der Waals surface area (Å²) < 4.78 is 18.0. The molecule has 136 valence electrons. The molecule has 0 aliphatic carbocycles. The van der Waals surface area contributed by atoms with E-state index in [9.17, 15) is 9.18 Å². The summed E-state index contributed by atoms with van der Waals surface area (Å²) in [6.07, 6.45) is 1.94. The van der Waals surface area contributed by atoms with Crippen molar-refractivity contribution in [2.45, 2.75) is 19.8 Å². The van der Waals surface area contributed by atoms with Crippen molar-refractivity contribution in [1.82, 2.24) is 10.6 Å². The zero-order valence-electron chi connectivity index (χ0n) is 14.1. The number of nitrogens with zero attached hydrogens (tertiary/aromatic N) is 1. The molecule has 0 radical (unpaired) electrons. The molecule has 0 bridgehead atoms. The highest BCUT2D eigenvalue weighted by Crippen LogP contribution is 2.07. The van der Waals surface area contributed by atoms with Crippen LogP contribution in [0.4, 0.5) is 10.1 Å². The number of aliphatic imine (C=N–C) groups is 1. The Balaban J connectivity index is 0.00000529. The van der Waals surface area contributed by atoms with Gasteiger partial charge in [-0.3, -0.25) is 9.79 Å². The number of amides is 1. The number of ether oxygens (including phenoxy) is 1. The smallest absolute Gasteiger partial charge is 0.243 e. The van der Waals surface area contributed by atoms with Crippen molar-refractivity contribution in [3.63, 3.8) is 0 Å². The monoisotopic (exact) mass is 452 g/mol. The number of halogens is 2. The van der Waals surface area contributed by atoms with Crippen molar-refractivity contribution < 1.29 is 13.9 Å². The molecule has 0 aliphatic heterocycles. The largest absolute Gasteiger partial charge is 0.382 e. The number of nitrogens with one attached hydrogen (secondary N) is 3. The predicted molar refractivity (Wildman–Crippen MR) is 106 cm³/mol. The van der Waals surface area contributed by atoms with Crippen LogP contribution in [0.1, 0.15) is 19.8 Å². The molecule has 0 heterocycles. The van der Waals surface area contributed by atoms with Crippen LogP contribution in [-0.2, 0) is 9.53 Å². The number of carbonyl (C=O) groups is 1. The lowest BCUT2D eigenvalue weighted by Crippen LogP contribution is -2.41. The molecule has 3 N–H and O–H groups in total. The highest BCUT2D eigenvalue weighted by molar-refractivity contribution is 14.0. The molecule has 0 aromatic heterocycles. The first kappa shape index (κ1) is 22.6. The van der Waals surface area contributed by atoms with Crippen LogP contribution < -0.4 is 16.0 Å². The van der Waals surface area contributed by atoms with Gasteiger partial charge in [0.1, 0.15) is 5.82 Å². The summed E-state index contributed by atoms with van der Waals surface area (Å²) in [4.78, 5) is 15.8. The van der Waals surface area contributed by atoms with E-state index >= 15 is 0 Å². The van der Waals surface area contributed by atoms with Crippen LogP contribution in [0, 0.1) is 5.82 Å². The Labute approximate surface area is 159 Å². The van der Waals surface area contributed by atoms with Gasteiger partial charge in [-0.05, 0) is 44.0 Å². The van der Waals surface area contributed by atoms with Crippen molar-refractivity contribution in [3.8, 4) is 0 Å². The maximum absolute atomic E-state index is 12.8. The lowest BCUT2D eigenvalue weighted by Gasteiger charge is -2.12. The van der Waals surface area contributed by atoms with E-state index in [0.717, 1.165) is 32.6 Å². The fourth-order valence-electron chi connectivity index (χ4n) is 1.80. The average Bonchev–Trinajstić information content (AvgIpc) is 2.55. The van der Waals surface area contributed by atoms with E-state index in [1.165, 1.54) is 24.3 Å². The fraction of sp³-hybridized carbons (Fsp3) is 0.500. The highest BCUT2D eigenvalue weighted by Gasteiger charge is 2.04. The molecule has 1 aromatic rings. The van der Waals surface area contributed by atoms with Gasteiger partial charge in [0.25, 0.3) is 0 Å². The molecular formula is C16H26FIN4O2. The summed E-state index contributed by atoms with van der Waals surface area (Å²) in [7, 11) is 1.65. The van der Waals surface area contributed by atoms with Gasteiger partial charge >= 0.3 is 0 Å². The summed E-state index contributed by atoms with van der Waals surface area (Å²) in [6.45, 7) is 4.30. The molecule has 24 heavy (non-hydrogen) atoms. The van der Waals surface area contributed by atoms with E-state index in [1.807, 2.05) is 6.92 Å². The van der Waals surface area contributed by atoms with Gasteiger partial charge in [0.15, 0.2) is 5.96 Å². The van der Waals surface area contributed by atoms with Crippen molar-refractivity contribution >= 4 is 41.5 Å². The number of unbranched alkanes of at least 4 members (excludes halogenated alkanes) is 1. The number of hydrogen-bond acceptors (Lipinski definition) is 3. The normalized spacial score (nSPS) is 10.7. The molecule has 1 rings (SSSR count). The van der Waals surface area contributed by atoms with Gasteiger partial charge in [-0.15, -0.1) is 24.0 Å². The van der Waals surface area contributed by atoms with Crippen LogP contribution in [-0.4, -0.2) is 45.2 Å². The zero-order valence-corrected chi connectivity index (χ0v) is 16.4. The van der Waals surface area contributed by atoms with Crippen LogP contribution >= 0.6 is 24.0 Å². The molecular weight excluding hydrogens is 426 g/mol. The Morgan fingerprint density at radius 2 is 1.92 bits per heavy atom. The first-order chi connectivity index (χ1) is 11.2. The lowest BCUT2D eigenvalue weighted by molar-refractivity contribution is -0.115. The molecule has 0 saturated carbocycles.